The maximum absolute atomic E-state index is 2.88. The van der Waals surface area contributed by atoms with E-state index in [-0.39, 0.29) is 0 Å². The summed E-state index contributed by atoms with van der Waals surface area (Å²) < 4.78 is -2.72. The fourth-order valence-electron chi connectivity index (χ4n) is 4.65. The normalized spacial score (nSPS) is 13.7. The summed E-state index contributed by atoms with van der Waals surface area (Å²) in [6.07, 6.45) is 12.9. The molecule has 0 aliphatic heterocycles. The van der Waals surface area contributed by atoms with Crippen molar-refractivity contribution in [3.8, 4) is 0 Å². The standard InChI is InChI=1S/C33H40IP/c1-28(2)16-14-17-29(3)18-15-19-30(4)26-27-35(34,31-20-8-5-9-21-31,32-22-10-6-11-23-32)33-24-12-7-13-25-33/h5-13,16,18,20-26H,14-15,17,19,27H2,1-4H3. The molecule has 0 atom stereocenters. The predicted molar refractivity (Wildman–Crippen MR) is 169 cm³/mol. The zero-order chi connectivity index (χ0) is 25.2. The Morgan fingerprint density at radius 3 is 1.34 bits per heavy atom. The maximum atomic E-state index is 2.88. The Morgan fingerprint density at radius 1 is 0.571 bits per heavy atom. The molecule has 0 aliphatic carbocycles. The molecule has 0 amide bonds. The van der Waals surface area contributed by atoms with Crippen molar-refractivity contribution in [2.75, 3.05) is 6.16 Å². The second-order valence-corrected chi connectivity index (χ2v) is 20.5. The van der Waals surface area contributed by atoms with Crippen molar-refractivity contribution in [1.29, 1.82) is 0 Å². The molecule has 0 saturated carbocycles. The van der Waals surface area contributed by atoms with Crippen molar-refractivity contribution in [2.45, 2.75) is 53.4 Å². The van der Waals surface area contributed by atoms with Gasteiger partial charge in [0.05, 0.1) is 0 Å². The Kier molecular flexibility index (Phi) is 10.1. The number of allylic oxidation sites excluding steroid dienone is 6. The van der Waals surface area contributed by atoms with Gasteiger partial charge in [0.2, 0.25) is 0 Å². The Morgan fingerprint density at radius 2 is 0.943 bits per heavy atom. The number of rotatable bonds is 11. The van der Waals surface area contributed by atoms with E-state index >= 15 is 0 Å². The molecule has 184 valence electrons. The van der Waals surface area contributed by atoms with E-state index in [2.05, 4.69) is 159 Å². The van der Waals surface area contributed by atoms with Crippen molar-refractivity contribution >= 4 is 42.2 Å². The quantitative estimate of drug-likeness (QED) is 0.118. The van der Waals surface area contributed by atoms with Crippen molar-refractivity contribution in [2.24, 2.45) is 0 Å². The molecule has 0 bridgehead atoms. The number of halogens is 1. The molecule has 0 aliphatic rings. The molecule has 35 heavy (non-hydrogen) atoms. The molecule has 0 heterocycles. The third-order valence-corrected chi connectivity index (χ3v) is 18.0. The van der Waals surface area contributed by atoms with Crippen LogP contribution >= 0.6 is 26.3 Å². The molecule has 0 N–H and O–H groups in total. The number of benzene rings is 3. The van der Waals surface area contributed by atoms with Gasteiger partial charge in [-0.05, 0) is 0 Å². The van der Waals surface area contributed by atoms with Crippen LogP contribution in [0.5, 0.6) is 0 Å². The van der Waals surface area contributed by atoms with Crippen molar-refractivity contribution in [3.05, 3.63) is 126 Å². The fraction of sp³-hybridized carbons (Fsp3) is 0.273. The molecule has 0 spiro atoms. The fourth-order valence-corrected chi connectivity index (χ4v) is 12.7. The summed E-state index contributed by atoms with van der Waals surface area (Å²) in [5, 5.41) is 4.32. The third-order valence-electron chi connectivity index (χ3n) is 6.79. The van der Waals surface area contributed by atoms with E-state index in [1.165, 1.54) is 32.6 Å². The van der Waals surface area contributed by atoms with Gasteiger partial charge in [-0.2, -0.15) is 0 Å². The second-order valence-electron chi connectivity index (χ2n) is 9.83. The van der Waals surface area contributed by atoms with Gasteiger partial charge in [0.25, 0.3) is 0 Å². The molecule has 3 aromatic rings. The zero-order valence-corrected chi connectivity index (χ0v) is 24.8. The van der Waals surface area contributed by atoms with Gasteiger partial charge in [-0.1, -0.05) is 0 Å². The van der Waals surface area contributed by atoms with E-state index in [1.54, 1.807) is 0 Å². The van der Waals surface area contributed by atoms with Crippen molar-refractivity contribution in [3.63, 3.8) is 0 Å². The van der Waals surface area contributed by atoms with Gasteiger partial charge in [-0.25, -0.2) is 0 Å². The van der Waals surface area contributed by atoms with E-state index in [0.717, 1.165) is 31.8 Å². The van der Waals surface area contributed by atoms with Gasteiger partial charge < -0.3 is 0 Å². The zero-order valence-electron chi connectivity index (χ0n) is 21.8. The number of hydrogen-bond donors (Lipinski definition) is 0. The minimum absolute atomic E-state index is 1.03. The Hall–Kier alpha value is -1.96. The van der Waals surface area contributed by atoms with Crippen LogP contribution in [-0.4, -0.2) is 6.16 Å². The van der Waals surface area contributed by atoms with Crippen LogP contribution in [0.15, 0.2) is 126 Å². The van der Waals surface area contributed by atoms with Crippen LogP contribution in [0.25, 0.3) is 0 Å². The van der Waals surface area contributed by atoms with Gasteiger partial charge in [0.15, 0.2) is 0 Å². The topological polar surface area (TPSA) is 0 Å². The summed E-state index contributed by atoms with van der Waals surface area (Å²) in [4.78, 5) is 0. The third kappa shape index (κ3) is 6.83. The Bertz CT molecular complexity index is 1050. The summed E-state index contributed by atoms with van der Waals surface area (Å²) in [6, 6.07) is 33.6. The van der Waals surface area contributed by atoms with E-state index in [9.17, 15) is 0 Å². The monoisotopic (exact) mass is 594 g/mol. The molecule has 3 aromatic carbocycles. The van der Waals surface area contributed by atoms with E-state index in [0.29, 0.717) is 0 Å². The van der Waals surface area contributed by atoms with Gasteiger partial charge in [0, 0.05) is 0 Å². The first-order chi connectivity index (χ1) is 16.8. The molecule has 0 saturated heterocycles. The van der Waals surface area contributed by atoms with Crippen LogP contribution in [0.1, 0.15) is 53.4 Å². The first-order valence-corrected chi connectivity index (χ1v) is 17.9. The molecule has 0 fully saturated rings. The molecular weight excluding hydrogens is 554 g/mol. The molecule has 0 radical (unpaired) electrons. The van der Waals surface area contributed by atoms with Crippen molar-refractivity contribution < 1.29 is 0 Å². The summed E-state index contributed by atoms with van der Waals surface area (Å²) in [6.45, 7) is 8.94. The summed E-state index contributed by atoms with van der Waals surface area (Å²) in [5.74, 6) is 0. The summed E-state index contributed by atoms with van der Waals surface area (Å²) in [7, 11) is 0. The Labute approximate surface area is 226 Å². The van der Waals surface area contributed by atoms with Gasteiger partial charge in [-0.15, -0.1) is 0 Å². The average molecular weight is 595 g/mol. The van der Waals surface area contributed by atoms with Crippen molar-refractivity contribution in [1.82, 2.24) is 0 Å². The van der Waals surface area contributed by atoms with Crippen LogP contribution in [0, 0.1) is 0 Å². The van der Waals surface area contributed by atoms with E-state index in [1.807, 2.05) is 0 Å². The summed E-state index contributed by atoms with van der Waals surface area (Å²) in [5.41, 5.74) is 4.39. The predicted octanol–water partition coefficient (Wildman–Crippen LogP) is 9.29. The van der Waals surface area contributed by atoms with Crippen LogP contribution in [0.3, 0.4) is 0 Å². The van der Waals surface area contributed by atoms with Crippen LogP contribution in [0.4, 0.5) is 0 Å². The van der Waals surface area contributed by atoms with E-state index in [4.69, 9.17) is 0 Å². The van der Waals surface area contributed by atoms with Gasteiger partial charge in [-0.3, -0.25) is 0 Å². The minimum atomic E-state index is -2.72. The number of hydrogen-bond acceptors (Lipinski definition) is 0. The average Bonchev–Trinajstić information content (AvgIpc) is 2.89. The molecule has 2 heteroatoms. The van der Waals surface area contributed by atoms with Crippen LogP contribution in [0.2, 0.25) is 0 Å². The van der Waals surface area contributed by atoms with Crippen LogP contribution < -0.4 is 15.9 Å². The summed E-state index contributed by atoms with van der Waals surface area (Å²) >= 11 is 2.88. The molecule has 0 nitrogen and oxygen atoms in total. The molecule has 0 aromatic heterocycles. The SMILES string of the molecule is CC(C)=CCCC(C)=CCCC(C)=CCP(I)(c1ccccc1)(c1ccccc1)c1ccccc1. The second kappa shape index (κ2) is 12.8. The first kappa shape index (κ1) is 27.6. The Balaban J connectivity index is 1.94. The molecule has 3 rings (SSSR count). The molecular formula is C33H40IP. The van der Waals surface area contributed by atoms with E-state index < -0.39 is 4.25 Å². The van der Waals surface area contributed by atoms with Crippen LogP contribution in [-0.2, 0) is 0 Å². The first-order valence-electron chi connectivity index (χ1n) is 12.7. The van der Waals surface area contributed by atoms with Gasteiger partial charge >= 0.3 is 228 Å². The van der Waals surface area contributed by atoms with Gasteiger partial charge in [0.1, 0.15) is 0 Å². The molecule has 0 unspecified atom stereocenters.